The molecule has 0 radical (unpaired) electrons. The SMILES string of the molecule is NNC(C1CCOC1)C1(N2CCOCC2)CCCC1. The molecule has 2 unspecified atom stereocenters. The highest BCUT2D eigenvalue weighted by atomic mass is 16.5. The first-order valence-corrected chi connectivity index (χ1v) is 7.73. The quantitative estimate of drug-likeness (QED) is 0.575. The number of nitrogens with zero attached hydrogens (tertiary/aromatic N) is 1. The van der Waals surface area contributed by atoms with E-state index in [1.165, 1.54) is 25.7 Å². The molecule has 2 atom stereocenters. The van der Waals surface area contributed by atoms with Crippen molar-refractivity contribution in [3.63, 3.8) is 0 Å². The van der Waals surface area contributed by atoms with E-state index in [1.54, 1.807) is 0 Å². The highest BCUT2D eigenvalue weighted by Crippen LogP contribution is 2.42. The summed E-state index contributed by atoms with van der Waals surface area (Å²) in [5, 5.41) is 0. The van der Waals surface area contributed by atoms with Crippen LogP contribution in [0.25, 0.3) is 0 Å². The van der Waals surface area contributed by atoms with E-state index < -0.39 is 0 Å². The lowest BCUT2D eigenvalue weighted by atomic mass is 9.78. The van der Waals surface area contributed by atoms with Crippen molar-refractivity contribution in [1.82, 2.24) is 10.3 Å². The Bertz CT molecular complexity index is 282. The van der Waals surface area contributed by atoms with Crippen LogP contribution in [0.3, 0.4) is 0 Å². The average molecular weight is 269 g/mol. The molecule has 0 amide bonds. The maximum atomic E-state index is 5.96. The number of morpholine rings is 1. The van der Waals surface area contributed by atoms with Crippen molar-refractivity contribution in [2.45, 2.75) is 43.7 Å². The number of hydrogen-bond acceptors (Lipinski definition) is 5. The molecule has 1 saturated carbocycles. The van der Waals surface area contributed by atoms with E-state index in [2.05, 4.69) is 10.3 Å². The molecule has 0 bridgehead atoms. The number of ether oxygens (including phenoxy) is 2. The first-order valence-electron chi connectivity index (χ1n) is 7.73. The van der Waals surface area contributed by atoms with Gasteiger partial charge in [-0.15, -0.1) is 0 Å². The molecule has 3 rings (SSSR count). The fraction of sp³-hybridized carbons (Fsp3) is 1.00. The second-order valence-electron chi connectivity index (χ2n) is 6.18. The van der Waals surface area contributed by atoms with Gasteiger partial charge in [0, 0.05) is 37.2 Å². The number of rotatable bonds is 4. The van der Waals surface area contributed by atoms with Crippen LogP contribution in [0.1, 0.15) is 32.1 Å². The zero-order valence-corrected chi connectivity index (χ0v) is 11.8. The molecule has 2 saturated heterocycles. The zero-order valence-electron chi connectivity index (χ0n) is 11.8. The summed E-state index contributed by atoms with van der Waals surface area (Å²) in [7, 11) is 0. The van der Waals surface area contributed by atoms with Crippen LogP contribution in [0.2, 0.25) is 0 Å². The number of nitrogens with two attached hydrogens (primary N) is 1. The van der Waals surface area contributed by atoms with Crippen LogP contribution in [0, 0.1) is 5.92 Å². The minimum atomic E-state index is 0.233. The molecular weight excluding hydrogens is 242 g/mol. The lowest BCUT2D eigenvalue weighted by Gasteiger charge is -2.49. The molecule has 0 aromatic rings. The molecule has 5 nitrogen and oxygen atoms in total. The van der Waals surface area contributed by atoms with E-state index in [1.807, 2.05) is 0 Å². The largest absolute Gasteiger partial charge is 0.381 e. The Labute approximate surface area is 115 Å². The molecule has 2 aliphatic heterocycles. The smallest absolute Gasteiger partial charge is 0.0594 e. The van der Waals surface area contributed by atoms with Gasteiger partial charge in [0.2, 0.25) is 0 Å². The van der Waals surface area contributed by atoms with Crippen LogP contribution in [0.5, 0.6) is 0 Å². The maximum Gasteiger partial charge on any atom is 0.0594 e. The summed E-state index contributed by atoms with van der Waals surface area (Å²) in [6.07, 6.45) is 6.31. The lowest BCUT2D eigenvalue weighted by Crippen LogP contribution is -2.66. The third-order valence-electron chi connectivity index (χ3n) is 5.31. The minimum absolute atomic E-state index is 0.233. The molecule has 0 aromatic heterocycles. The second-order valence-corrected chi connectivity index (χ2v) is 6.18. The Balaban J connectivity index is 1.80. The van der Waals surface area contributed by atoms with E-state index in [4.69, 9.17) is 15.3 Å². The highest BCUT2D eigenvalue weighted by molar-refractivity contribution is 5.06. The van der Waals surface area contributed by atoms with Crippen molar-refractivity contribution in [1.29, 1.82) is 0 Å². The highest BCUT2D eigenvalue weighted by Gasteiger charge is 2.49. The fourth-order valence-electron chi connectivity index (χ4n) is 4.37. The molecular formula is C14H27N3O2. The van der Waals surface area contributed by atoms with Crippen LogP contribution in [0.15, 0.2) is 0 Å². The van der Waals surface area contributed by atoms with Crippen LogP contribution < -0.4 is 11.3 Å². The van der Waals surface area contributed by atoms with Gasteiger partial charge in [-0.1, -0.05) is 12.8 Å². The first kappa shape index (κ1) is 13.8. The van der Waals surface area contributed by atoms with E-state index in [0.717, 1.165) is 45.9 Å². The Morgan fingerprint density at radius 3 is 2.42 bits per heavy atom. The Kier molecular flexibility index (Phi) is 4.39. The van der Waals surface area contributed by atoms with Gasteiger partial charge in [-0.3, -0.25) is 16.2 Å². The van der Waals surface area contributed by atoms with E-state index in [9.17, 15) is 0 Å². The van der Waals surface area contributed by atoms with Crippen molar-refractivity contribution in [2.75, 3.05) is 39.5 Å². The predicted molar refractivity (Wildman–Crippen MR) is 73.6 cm³/mol. The minimum Gasteiger partial charge on any atom is -0.381 e. The van der Waals surface area contributed by atoms with Crippen LogP contribution in [-0.4, -0.2) is 56.0 Å². The van der Waals surface area contributed by atoms with Crippen LogP contribution in [0.4, 0.5) is 0 Å². The van der Waals surface area contributed by atoms with Crippen LogP contribution in [-0.2, 0) is 9.47 Å². The molecule has 3 N–H and O–H groups in total. The number of nitrogens with one attached hydrogen (secondary N) is 1. The maximum absolute atomic E-state index is 5.96. The first-order chi connectivity index (χ1) is 9.37. The third-order valence-corrected chi connectivity index (χ3v) is 5.31. The van der Waals surface area contributed by atoms with Gasteiger partial charge in [-0.2, -0.15) is 0 Å². The molecule has 0 aromatic carbocycles. The van der Waals surface area contributed by atoms with Gasteiger partial charge in [-0.05, 0) is 19.3 Å². The van der Waals surface area contributed by atoms with E-state index in [-0.39, 0.29) is 5.54 Å². The second kappa shape index (κ2) is 6.06. The monoisotopic (exact) mass is 269 g/mol. The summed E-state index contributed by atoms with van der Waals surface area (Å²) in [5.74, 6) is 6.52. The van der Waals surface area contributed by atoms with Gasteiger partial charge in [-0.25, -0.2) is 0 Å². The lowest BCUT2D eigenvalue weighted by molar-refractivity contribution is -0.0452. The molecule has 0 spiro atoms. The molecule has 3 aliphatic rings. The Morgan fingerprint density at radius 1 is 1.11 bits per heavy atom. The van der Waals surface area contributed by atoms with Gasteiger partial charge < -0.3 is 9.47 Å². The van der Waals surface area contributed by atoms with Crippen molar-refractivity contribution in [2.24, 2.45) is 11.8 Å². The standard InChI is InChI=1S/C14H27N3O2/c15-16-13(12-3-8-19-11-12)14(4-1-2-5-14)17-6-9-18-10-7-17/h12-13,16H,1-11,15H2. The van der Waals surface area contributed by atoms with Gasteiger partial charge >= 0.3 is 0 Å². The topological polar surface area (TPSA) is 59.8 Å². The summed E-state index contributed by atoms with van der Waals surface area (Å²) in [5.41, 5.74) is 3.39. The van der Waals surface area contributed by atoms with Gasteiger partial charge in [0.1, 0.15) is 0 Å². The van der Waals surface area contributed by atoms with Crippen molar-refractivity contribution in [3.05, 3.63) is 0 Å². The average Bonchev–Trinajstić information content (AvgIpc) is 3.13. The van der Waals surface area contributed by atoms with Gasteiger partial charge in [0.25, 0.3) is 0 Å². The van der Waals surface area contributed by atoms with Crippen molar-refractivity contribution < 1.29 is 9.47 Å². The molecule has 2 heterocycles. The third kappa shape index (κ3) is 2.54. The molecule has 19 heavy (non-hydrogen) atoms. The van der Waals surface area contributed by atoms with Gasteiger partial charge in [0.05, 0.1) is 19.8 Å². The molecule has 3 fully saturated rings. The van der Waals surface area contributed by atoms with Crippen molar-refractivity contribution in [3.8, 4) is 0 Å². The molecule has 1 aliphatic carbocycles. The number of hydrazine groups is 1. The Morgan fingerprint density at radius 2 is 1.84 bits per heavy atom. The van der Waals surface area contributed by atoms with E-state index >= 15 is 0 Å². The number of hydrogen-bond donors (Lipinski definition) is 2. The van der Waals surface area contributed by atoms with Crippen molar-refractivity contribution >= 4 is 0 Å². The summed E-state index contributed by atoms with van der Waals surface area (Å²) in [4.78, 5) is 2.65. The fourth-order valence-corrected chi connectivity index (χ4v) is 4.37. The molecule has 5 heteroatoms. The summed E-state index contributed by atoms with van der Waals surface area (Å²) >= 11 is 0. The van der Waals surface area contributed by atoms with Gasteiger partial charge in [0.15, 0.2) is 0 Å². The predicted octanol–water partition coefficient (Wildman–Crippen LogP) is 0.500. The Hall–Kier alpha value is -0.200. The molecule has 110 valence electrons. The van der Waals surface area contributed by atoms with Crippen LogP contribution >= 0.6 is 0 Å². The summed E-state index contributed by atoms with van der Waals surface area (Å²) in [6.45, 7) is 5.57. The van der Waals surface area contributed by atoms with E-state index in [0.29, 0.717) is 12.0 Å². The summed E-state index contributed by atoms with van der Waals surface area (Å²) in [6, 6.07) is 0.357. The summed E-state index contributed by atoms with van der Waals surface area (Å²) < 4.78 is 11.1. The normalized spacial score (nSPS) is 33.6. The zero-order chi connectivity index (χ0) is 13.1.